The third-order valence-corrected chi connectivity index (χ3v) is 11.5. The number of benzene rings is 2. The Kier molecular flexibility index (Phi) is 9.89. The Labute approximate surface area is 304 Å². The standard InChI is InChI=1S/C46H66N4/c1-43(2,3)33-23-31(24-34(27-33)44(4,5)6)39-19-17-37(47-39)29-49-21-13-15-41(49)42-16-14-22-50(42)30-38-18-20-40(48-38)32-25-35(45(7,8)9)28-36(26-32)46(10,11)12/h17-20,23-28,41-42,47-48H,13-16,21-22,29-30H2,1-12H3. The van der Waals surface area contributed by atoms with E-state index < -0.39 is 0 Å². The summed E-state index contributed by atoms with van der Waals surface area (Å²) in [5.74, 6) is 0. The van der Waals surface area contributed by atoms with Gasteiger partial charge < -0.3 is 9.97 Å². The second-order valence-electron chi connectivity index (χ2n) is 19.8. The maximum absolute atomic E-state index is 3.86. The summed E-state index contributed by atoms with van der Waals surface area (Å²) in [4.78, 5) is 13.3. The molecule has 6 rings (SSSR count). The Morgan fingerprint density at radius 2 is 0.800 bits per heavy atom. The third-order valence-electron chi connectivity index (χ3n) is 11.5. The lowest BCUT2D eigenvalue weighted by molar-refractivity contribution is 0.122. The van der Waals surface area contributed by atoms with E-state index in [0.717, 1.165) is 13.1 Å². The first-order chi connectivity index (χ1) is 23.3. The molecule has 50 heavy (non-hydrogen) atoms. The highest BCUT2D eigenvalue weighted by atomic mass is 15.3. The fourth-order valence-electron chi connectivity index (χ4n) is 8.11. The average molecular weight is 675 g/mol. The van der Waals surface area contributed by atoms with Gasteiger partial charge in [0, 0.05) is 47.9 Å². The fourth-order valence-corrected chi connectivity index (χ4v) is 8.11. The molecule has 0 amide bonds. The number of likely N-dealkylation sites (tertiary alicyclic amines) is 2. The highest BCUT2D eigenvalue weighted by molar-refractivity contribution is 5.64. The normalized spacial score (nSPS) is 19.9. The van der Waals surface area contributed by atoms with Crippen molar-refractivity contribution in [3.05, 3.63) is 94.3 Å². The molecule has 0 bridgehead atoms. The molecule has 4 heteroatoms. The van der Waals surface area contributed by atoms with Crippen molar-refractivity contribution in [2.75, 3.05) is 13.1 Å². The van der Waals surface area contributed by atoms with Crippen LogP contribution >= 0.6 is 0 Å². The third kappa shape index (κ3) is 8.18. The van der Waals surface area contributed by atoms with Crippen molar-refractivity contribution in [3.63, 3.8) is 0 Å². The summed E-state index contributed by atoms with van der Waals surface area (Å²) in [5, 5.41) is 0. The quantitative estimate of drug-likeness (QED) is 0.205. The molecule has 2 aliphatic heterocycles. The Morgan fingerprint density at radius 3 is 1.10 bits per heavy atom. The van der Waals surface area contributed by atoms with Gasteiger partial charge in [0.25, 0.3) is 0 Å². The molecule has 2 aliphatic rings. The molecule has 4 heterocycles. The number of hydrogen-bond acceptors (Lipinski definition) is 2. The zero-order valence-corrected chi connectivity index (χ0v) is 33.5. The summed E-state index contributed by atoms with van der Waals surface area (Å²) in [6, 6.07) is 24.9. The molecule has 2 saturated heterocycles. The van der Waals surface area contributed by atoms with Gasteiger partial charge in [0.2, 0.25) is 0 Å². The van der Waals surface area contributed by atoms with Crippen molar-refractivity contribution in [3.8, 4) is 22.5 Å². The molecule has 270 valence electrons. The number of nitrogens with zero attached hydrogens (tertiary/aromatic N) is 2. The van der Waals surface area contributed by atoms with Crippen LogP contribution in [0.5, 0.6) is 0 Å². The van der Waals surface area contributed by atoms with Crippen molar-refractivity contribution in [1.29, 1.82) is 0 Å². The molecule has 2 N–H and O–H groups in total. The molecule has 0 saturated carbocycles. The van der Waals surface area contributed by atoms with Crippen LogP contribution < -0.4 is 0 Å². The monoisotopic (exact) mass is 675 g/mol. The maximum atomic E-state index is 3.86. The van der Waals surface area contributed by atoms with E-state index in [-0.39, 0.29) is 21.7 Å². The second-order valence-corrected chi connectivity index (χ2v) is 19.8. The van der Waals surface area contributed by atoms with Gasteiger partial charge in [-0.3, -0.25) is 9.80 Å². The SMILES string of the molecule is CC(C)(C)c1cc(-c2ccc(CN3CCCC3C3CCCN3Cc3ccc(-c4cc(C(C)(C)C)cc(C(C)(C)C)c4)[nH]3)[nH]2)cc(C(C)(C)C)c1. The highest BCUT2D eigenvalue weighted by Gasteiger charge is 2.38. The average Bonchev–Trinajstić information content (AvgIpc) is 3.84. The molecule has 0 aliphatic carbocycles. The van der Waals surface area contributed by atoms with Crippen molar-refractivity contribution in [2.24, 2.45) is 0 Å². The first-order valence-corrected chi connectivity index (χ1v) is 19.4. The molecule has 0 radical (unpaired) electrons. The van der Waals surface area contributed by atoms with Crippen LogP contribution in [0, 0.1) is 0 Å². The minimum atomic E-state index is 0.107. The van der Waals surface area contributed by atoms with E-state index in [1.807, 2.05) is 0 Å². The van der Waals surface area contributed by atoms with Gasteiger partial charge in [0.05, 0.1) is 0 Å². The molecular weight excluding hydrogens is 609 g/mol. The Balaban J connectivity index is 1.17. The minimum absolute atomic E-state index is 0.107. The smallest absolute Gasteiger partial charge is 0.0456 e. The summed E-state index contributed by atoms with van der Waals surface area (Å²) in [7, 11) is 0. The van der Waals surface area contributed by atoms with Crippen LogP contribution in [0.4, 0.5) is 0 Å². The van der Waals surface area contributed by atoms with Crippen molar-refractivity contribution >= 4 is 0 Å². The van der Waals surface area contributed by atoms with Gasteiger partial charge in [0.15, 0.2) is 0 Å². The zero-order valence-electron chi connectivity index (χ0n) is 33.5. The first kappa shape index (κ1) is 36.7. The second kappa shape index (κ2) is 13.5. The predicted octanol–water partition coefficient (Wildman–Crippen LogP) is 11.5. The molecule has 2 fully saturated rings. The van der Waals surface area contributed by atoms with Gasteiger partial charge in [-0.15, -0.1) is 0 Å². The van der Waals surface area contributed by atoms with Gasteiger partial charge in [0.1, 0.15) is 0 Å². The van der Waals surface area contributed by atoms with Crippen LogP contribution in [-0.2, 0) is 34.7 Å². The Bertz CT molecular complexity index is 1580. The molecular formula is C46H66N4. The van der Waals surface area contributed by atoms with Crippen LogP contribution in [0.2, 0.25) is 0 Å². The number of aromatic amines is 2. The lowest BCUT2D eigenvalue weighted by atomic mass is 9.79. The summed E-state index contributed by atoms with van der Waals surface area (Å²) in [6.45, 7) is 32.2. The summed E-state index contributed by atoms with van der Waals surface area (Å²) >= 11 is 0. The molecule has 2 atom stereocenters. The first-order valence-electron chi connectivity index (χ1n) is 19.4. The van der Waals surface area contributed by atoms with Crippen LogP contribution in [-0.4, -0.2) is 44.9 Å². The zero-order chi connectivity index (χ0) is 36.2. The van der Waals surface area contributed by atoms with Gasteiger partial charge in [-0.2, -0.15) is 0 Å². The van der Waals surface area contributed by atoms with E-state index in [1.54, 1.807) is 0 Å². The van der Waals surface area contributed by atoms with E-state index in [1.165, 1.54) is 94.9 Å². The molecule has 4 nitrogen and oxygen atoms in total. The van der Waals surface area contributed by atoms with E-state index in [2.05, 4.69) is 164 Å². The van der Waals surface area contributed by atoms with Crippen LogP contribution in [0.1, 0.15) is 142 Å². The van der Waals surface area contributed by atoms with Crippen LogP contribution in [0.25, 0.3) is 22.5 Å². The van der Waals surface area contributed by atoms with Crippen molar-refractivity contribution < 1.29 is 0 Å². The van der Waals surface area contributed by atoms with Gasteiger partial charge in [-0.1, -0.05) is 95.2 Å². The van der Waals surface area contributed by atoms with Gasteiger partial charge in [-0.05, 0) is 142 Å². The van der Waals surface area contributed by atoms with E-state index in [4.69, 9.17) is 0 Å². The van der Waals surface area contributed by atoms with Crippen molar-refractivity contribution in [1.82, 2.24) is 19.8 Å². The number of H-pyrrole nitrogens is 2. The number of hydrogen-bond donors (Lipinski definition) is 2. The summed E-state index contributed by atoms with van der Waals surface area (Å²) < 4.78 is 0. The lowest BCUT2D eigenvalue weighted by Crippen LogP contribution is -2.45. The van der Waals surface area contributed by atoms with Crippen LogP contribution in [0.15, 0.2) is 60.7 Å². The number of nitrogens with one attached hydrogen (secondary N) is 2. The predicted molar refractivity (Wildman–Crippen MR) is 214 cm³/mol. The topological polar surface area (TPSA) is 38.1 Å². The number of aromatic nitrogens is 2. The van der Waals surface area contributed by atoms with Crippen LogP contribution in [0.3, 0.4) is 0 Å². The van der Waals surface area contributed by atoms with Crippen molar-refractivity contribution in [2.45, 2.75) is 156 Å². The Hall–Kier alpha value is -3.08. The maximum Gasteiger partial charge on any atom is 0.0456 e. The fraction of sp³-hybridized carbons (Fsp3) is 0.565. The molecule has 2 aromatic heterocycles. The lowest BCUT2D eigenvalue weighted by Gasteiger charge is -2.34. The van der Waals surface area contributed by atoms with Gasteiger partial charge >= 0.3 is 0 Å². The van der Waals surface area contributed by atoms with E-state index in [9.17, 15) is 0 Å². The molecule has 0 spiro atoms. The molecule has 4 aromatic rings. The van der Waals surface area contributed by atoms with Gasteiger partial charge in [-0.25, -0.2) is 0 Å². The molecule has 2 aromatic carbocycles. The summed E-state index contributed by atoms with van der Waals surface area (Å²) in [6.07, 6.45) is 5.17. The summed E-state index contributed by atoms with van der Waals surface area (Å²) in [5.41, 5.74) is 13.8. The van der Waals surface area contributed by atoms with E-state index >= 15 is 0 Å². The van der Waals surface area contributed by atoms with E-state index in [0.29, 0.717) is 12.1 Å². The largest absolute Gasteiger partial charge is 0.357 e. The number of rotatable bonds is 7. The highest BCUT2D eigenvalue weighted by Crippen LogP contribution is 2.37. The minimum Gasteiger partial charge on any atom is -0.357 e. The Morgan fingerprint density at radius 1 is 0.480 bits per heavy atom. The molecule has 2 unspecified atom stereocenters.